The van der Waals surface area contributed by atoms with Crippen molar-refractivity contribution in [3.8, 4) is 0 Å². The number of esters is 1. The number of methoxy groups -OCH3 is 1. The number of allylic oxidation sites excluding steroid dienone is 1. The molecular weight excluding hydrogens is 350 g/mol. The molecule has 0 heterocycles. The van der Waals surface area contributed by atoms with Gasteiger partial charge in [-0.1, -0.05) is 48.9 Å². The molecule has 0 saturated heterocycles. The lowest BCUT2D eigenvalue weighted by molar-refractivity contribution is -0.134. The lowest BCUT2D eigenvalue weighted by atomic mass is 9.82. The van der Waals surface area contributed by atoms with Gasteiger partial charge in [-0.05, 0) is 53.8 Å². The highest BCUT2D eigenvalue weighted by Gasteiger charge is 2.22. The van der Waals surface area contributed by atoms with Crippen LogP contribution in [0.4, 0.5) is 5.69 Å². The van der Waals surface area contributed by atoms with E-state index in [2.05, 4.69) is 22.2 Å². The van der Waals surface area contributed by atoms with Crippen molar-refractivity contribution in [1.29, 1.82) is 0 Å². The number of ketones is 1. The van der Waals surface area contributed by atoms with Crippen LogP contribution in [-0.2, 0) is 20.9 Å². The highest BCUT2D eigenvalue weighted by atomic mass is 16.5. The minimum absolute atomic E-state index is 0.248. The second-order valence-electron chi connectivity index (χ2n) is 6.94. The van der Waals surface area contributed by atoms with E-state index in [-0.39, 0.29) is 17.7 Å². The lowest BCUT2D eigenvalue weighted by Gasteiger charge is -2.21. The van der Waals surface area contributed by atoms with Gasteiger partial charge in [0.15, 0.2) is 5.78 Å². The van der Waals surface area contributed by atoms with Crippen molar-refractivity contribution in [2.75, 3.05) is 12.4 Å². The Balaban J connectivity index is 1.53. The topological polar surface area (TPSA) is 55.4 Å². The Morgan fingerprint density at radius 1 is 1.04 bits per heavy atom. The second kappa shape index (κ2) is 9.70. The Bertz CT molecular complexity index is 877. The first kappa shape index (κ1) is 19.6. The first-order valence-electron chi connectivity index (χ1n) is 9.55. The van der Waals surface area contributed by atoms with E-state index in [9.17, 15) is 9.59 Å². The fraction of sp³-hybridized carbons (Fsp3) is 0.250. The molecule has 0 spiro atoms. The van der Waals surface area contributed by atoms with Gasteiger partial charge in [-0.2, -0.15) is 0 Å². The number of carbonyl (C=O) groups is 2. The molecule has 0 bridgehead atoms. The first-order valence-corrected chi connectivity index (χ1v) is 9.55. The molecule has 144 valence electrons. The molecule has 4 heteroatoms. The van der Waals surface area contributed by atoms with Gasteiger partial charge in [0.25, 0.3) is 0 Å². The summed E-state index contributed by atoms with van der Waals surface area (Å²) in [4.78, 5) is 23.1. The highest BCUT2D eigenvalue weighted by molar-refractivity contribution is 5.95. The summed E-state index contributed by atoms with van der Waals surface area (Å²) in [7, 11) is 1.36. The van der Waals surface area contributed by atoms with Crippen LogP contribution in [0.25, 0.3) is 12.2 Å². The third-order valence-corrected chi connectivity index (χ3v) is 4.92. The smallest absolute Gasteiger partial charge is 0.330 e. The van der Waals surface area contributed by atoms with Crippen LogP contribution in [0.5, 0.6) is 0 Å². The minimum atomic E-state index is -0.373. The number of hydrogen-bond acceptors (Lipinski definition) is 4. The van der Waals surface area contributed by atoms with E-state index < -0.39 is 0 Å². The Labute approximate surface area is 165 Å². The fourth-order valence-corrected chi connectivity index (χ4v) is 2.94. The van der Waals surface area contributed by atoms with Gasteiger partial charge < -0.3 is 10.1 Å². The Hall–Kier alpha value is -3.14. The van der Waals surface area contributed by atoms with Crippen LogP contribution in [0.1, 0.15) is 36.0 Å². The maximum atomic E-state index is 11.9. The molecular formula is C24H25NO3. The molecule has 0 aromatic heterocycles. The Kier molecular flexibility index (Phi) is 6.79. The molecule has 1 fully saturated rings. The number of anilines is 1. The molecule has 1 aliphatic carbocycles. The van der Waals surface area contributed by atoms with E-state index in [4.69, 9.17) is 0 Å². The van der Waals surface area contributed by atoms with Crippen LogP contribution in [0, 0.1) is 5.92 Å². The molecule has 0 atom stereocenters. The predicted molar refractivity (Wildman–Crippen MR) is 113 cm³/mol. The van der Waals surface area contributed by atoms with Crippen LogP contribution in [0.15, 0.2) is 60.7 Å². The van der Waals surface area contributed by atoms with Crippen molar-refractivity contribution in [3.63, 3.8) is 0 Å². The van der Waals surface area contributed by atoms with Gasteiger partial charge in [-0.25, -0.2) is 4.79 Å². The summed E-state index contributed by atoms with van der Waals surface area (Å²) in [5.41, 5.74) is 4.08. The van der Waals surface area contributed by atoms with E-state index in [0.29, 0.717) is 6.54 Å². The molecule has 0 radical (unpaired) electrons. The van der Waals surface area contributed by atoms with Crippen molar-refractivity contribution >= 4 is 29.6 Å². The van der Waals surface area contributed by atoms with Gasteiger partial charge in [-0.3, -0.25) is 4.79 Å². The van der Waals surface area contributed by atoms with Gasteiger partial charge in [0, 0.05) is 24.2 Å². The van der Waals surface area contributed by atoms with Crippen LogP contribution in [-0.4, -0.2) is 18.9 Å². The molecule has 0 unspecified atom stereocenters. The third kappa shape index (κ3) is 5.68. The lowest BCUT2D eigenvalue weighted by Crippen LogP contribution is -2.19. The highest BCUT2D eigenvalue weighted by Crippen LogP contribution is 2.27. The summed E-state index contributed by atoms with van der Waals surface area (Å²) in [6.07, 6.45) is 9.99. The molecule has 1 N–H and O–H groups in total. The molecule has 0 amide bonds. The van der Waals surface area contributed by atoms with E-state index in [1.165, 1.54) is 19.6 Å². The summed E-state index contributed by atoms with van der Waals surface area (Å²) >= 11 is 0. The molecule has 4 nitrogen and oxygen atoms in total. The quantitative estimate of drug-likeness (QED) is 0.528. The summed E-state index contributed by atoms with van der Waals surface area (Å²) in [6, 6.07) is 16.0. The SMILES string of the molecule is COC(=O)/C=C/c1cccc(NCc2ccc(/C=C/C(=O)C3CCC3)cc2)c1. The average Bonchev–Trinajstić information content (AvgIpc) is 2.68. The van der Waals surface area contributed by atoms with Crippen LogP contribution in [0.2, 0.25) is 0 Å². The van der Waals surface area contributed by atoms with Crippen molar-refractivity contribution in [1.82, 2.24) is 0 Å². The van der Waals surface area contributed by atoms with Crippen molar-refractivity contribution < 1.29 is 14.3 Å². The van der Waals surface area contributed by atoms with Crippen LogP contribution < -0.4 is 5.32 Å². The normalized spacial score (nSPS) is 14.2. The number of ether oxygens (including phenoxy) is 1. The average molecular weight is 375 g/mol. The number of carbonyl (C=O) groups excluding carboxylic acids is 2. The second-order valence-corrected chi connectivity index (χ2v) is 6.94. The summed E-state index contributed by atoms with van der Waals surface area (Å²) < 4.78 is 4.60. The molecule has 1 saturated carbocycles. The fourth-order valence-electron chi connectivity index (χ4n) is 2.94. The van der Waals surface area contributed by atoms with Crippen molar-refractivity contribution in [2.24, 2.45) is 5.92 Å². The number of nitrogens with one attached hydrogen (secondary N) is 1. The van der Waals surface area contributed by atoms with Crippen LogP contribution >= 0.6 is 0 Å². The van der Waals surface area contributed by atoms with Gasteiger partial charge >= 0.3 is 5.97 Å². The summed E-state index contributed by atoms with van der Waals surface area (Å²) in [6.45, 7) is 0.690. The van der Waals surface area contributed by atoms with Gasteiger partial charge in [-0.15, -0.1) is 0 Å². The Morgan fingerprint density at radius 3 is 2.46 bits per heavy atom. The zero-order chi connectivity index (χ0) is 19.8. The largest absolute Gasteiger partial charge is 0.466 e. The van der Waals surface area contributed by atoms with Gasteiger partial charge in [0.2, 0.25) is 0 Å². The predicted octanol–water partition coefficient (Wildman–Crippen LogP) is 4.87. The van der Waals surface area contributed by atoms with E-state index in [0.717, 1.165) is 35.2 Å². The molecule has 2 aromatic rings. The Morgan fingerprint density at radius 2 is 1.79 bits per heavy atom. The maximum absolute atomic E-state index is 11.9. The molecule has 0 aliphatic heterocycles. The van der Waals surface area contributed by atoms with Gasteiger partial charge in [0.1, 0.15) is 0 Å². The maximum Gasteiger partial charge on any atom is 0.330 e. The van der Waals surface area contributed by atoms with E-state index >= 15 is 0 Å². The van der Waals surface area contributed by atoms with E-state index in [1.807, 2.05) is 42.5 Å². The number of benzene rings is 2. The monoisotopic (exact) mass is 375 g/mol. The van der Waals surface area contributed by atoms with Gasteiger partial charge in [0.05, 0.1) is 7.11 Å². The summed E-state index contributed by atoms with van der Waals surface area (Å²) in [5, 5.41) is 3.38. The molecule has 28 heavy (non-hydrogen) atoms. The number of hydrogen-bond donors (Lipinski definition) is 1. The van der Waals surface area contributed by atoms with E-state index in [1.54, 1.807) is 12.2 Å². The third-order valence-electron chi connectivity index (χ3n) is 4.92. The zero-order valence-corrected chi connectivity index (χ0v) is 16.1. The standard InChI is InChI=1S/C24H25NO3/c1-28-24(27)15-13-19-4-2-7-22(16-19)25-17-20-10-8-18(9-11-20)12-14-23(26)21-5-3-6-21/h2,4,7-16,21,25H,3,5-6,17H2,1H3/b14-12+,15-13+. The minimum Gasteiger partial charge on any atom is -0.466 e. The summed E-state index contributed by atoms with van der Waals surface area (Å²) in [5.74, 6) is 0.123. The van der Waals surface area contributed by atoms with Crippen LogP contribution in [0.3, 0.4) is 0 Å². The molecule has 2 aromatic carbocycles. The van der Waals surface area contributed by atoms with Crippen molar-refractivity contribution in [3.05, 3.63) is 77.4 Å². The van der Waals surface area contributed by atoms with Crippen molar-refractivity contribution in [2.45, 2.75) is 25.8 Å². The molecule has 3 rings (SSSR count). The molecule has 1 aliphatic rings. The first-order chi connectivity index (χ1) is 13.6. The zero-order valence-electron chi connectivity index (χ0n) is 16.1. The number of rotatable bonds is 8.